The monoisotopic (exact) mass is 158 g/mol. The Balaban J connectivity index is 2.10. The van der Waals surface area contributed by atoms with Gasteiger partial charge in [-0.05, 0) is 20.8 Å². The van der Waals surface area contributed by atoms with Crippen molar-refractivity contribution in [3.63, 3.8) is 0 Å². The smallest absolute Gasteiger partial charge is 0.164 e. The van der Waals surface area contributed by atoms with E-state index < -0.39 is 5.79 Å². The topological polar surface area (TPSA) is 27.7 Å². The highest BCUT2D eigenvalue weighted by Gasteiger charge is 2.48. The molecule has 2 aliphatic rings. The van der Waals surface area contributed by atoms with Crippen LogP contribution in [0, 0.1) is 0 Å². The molecule has 0 aliphatic carbocycles. The Hall–Kier alpha value is -0.120. The lowest BCUT2D eigenvalue weighted by molar-refractivity contribution is -0.173. The van der Waals surface area contributed by atoms with E-state index in [1.807, 2.05) is 20.8 Å². The van der Waals surface area contributed by atoms with Crippen molar-refractivity contribution in [2.75, 3.05) is 6.61 Å². The van der Waals surface area contributed by atoms with Crippen LogP contribution in [0.15, 0.2) is 0 Å². The van der Waals surface area contributed by atoms with Gasteiger partial charge in [-0.2, -0.15) is 0 Å². The highest BCUT2D eigenvalue weighted by Crippen LogP contribution is 2.34. The van der Waals surface area contributed by atoms with Gasteiger partial charge in [0.05, 0.1) is 12.7 Å². The number of rotatable bonds is 0. The molecule has 3 nitrogen and oxygen atoms in total. The van der Waals surface area contributed by atoms with Gasteiger partial charge in [0, 0.05) is 0 Å². The minimum atomic E-state index is -0.409. The molecule has 64 valence electrons. The van der Waals surface area contributed by atoms with Crippen LogP contribution in [-0.2, 0) is 14.2 Å². The van der Waals surface area contributed by atoms with E-state index in [1.54, 1.807) is 0 Å². The predicted molar refractivity (Wildman–Crippen MR) is 39.2 cm³/mol. The van der Waals surface area contributed by atoms with Gasteiger partial charge < -0.3 is 14.2 Å². The highest BCUT2D eigenvalue weighted by atomic mass is 16.8. The summed E-state index contributed by atoms with van der Waals surface area (Å²) in [7, 11) is 0. The Morgan fingerprint density at radius 3 is 2.64 bits per heavy atom. The number of hydrogen-bond donors (Lipinski definition) is 0. The van der Waals surface area contributed by atoms with Gasteiger partial charge in [0.25, 0.3) is 0 Å². The van der Waals surface area contributed by atoms with Crippen LogP contribution in [0.3, 0.4) is 0 Å². The van der Waals surface area contributed by atoms with E-state index in [9.17, 15) is 0 Å². The molecule has 2 fully saturated rings. The van der Waals surface area contributed by atoms with Crippen LogP contribution < -0.4 is 0 Å². The third-order valence-corrected chi connectivity index (χ3v) is 2.21. The zero-order valence-corrected chi connectivity index (χ0v) is 7.16. The molecule has 0 amide bonds. The molecule has 2 aliphatic heterocycles. The molecular weight excluding hydrogens is 144 g/mol. The van der Waals surface area contributed by atoms with Crippen LogP contribution in [0.25, 0.3) is 0 Å². The quantitative estimate of drug-likeness (QED) is 0.524. The zero-order valence-electron chi connectivity index (χ0n) is 7.16. The molecule has 0 N–H and O–H groups in total. The molecule has 0 spiro atoms. The maximum atomic E-state index is 5.64. The zero-order chi connectivity index (χ0) is 8.06. The molecule has 2 saturated heterocycles. The first kappa shape index (κ1) is 7.53. The van der Waals surface area contributed by atoms with Gasteiger partial charge in [-0.1, -0.05) is 0 Å². The molecule has 0 saturated carbocycles. The third-order valence-electron chi connectivity index (χ3n) is 2.21. The highest BCUT2D eigenvalue weighted by molar-refractivity contribution is 4.89. The van der Waals surface area contributed by atoms with Crippen LogP contribution in [0.1, 0.15) is 20.8 Å². The molecule has 3 atom stereocenters. The van der Waals surface area contributed by atoms with Gasteiger partial charge in [-0.3, -0.25) is 0 Å². The fourth-order valence-electron chi connectivity index (χ4n) is 1.73. The molecule has 3 heteroatoms. The Morgan fingerprint density at radius 1 is 1.27 bits per heavy atom. The SMILES string of the molecule is C[C@H]1OC[C@@H]2OC(C)(C)O[C@@H]21. The van der Waals surface area contributed by atoms with Gasteiger partial charge in [0.2, 0.25) is 0 Å². The van der Waals surface area contributed by atoms with Gasteiger partial charge in [0.1, 0.15) is 12.2 Å². The van der Waals surface area contributed by atoms with Gasteiger partial charge >= 0.3 is 0 Å². The molecule has 0 aromatic carbocycles. The molecule has 0 unspecified atom stereocenters. The first-order chi connectivity index (χ1) is 5.08. The van der Waals surface area contributed by atoms with E-state index in [4.69, 9.17) is 14.2 Å². The van der Waals surface area contributed by atoms with E-state index in [0.717, 1.165) is 0 Å². The Labute approximate surface area is 66.6 Å². The second-order valence-electron chi connectivity index (χ2n) is 3.68. The Bertz CT molecular complexity index is 167. The molecule has 2 heterocycles. The lowest BCUT2D eigenvalue weighted by Crippen LogP contribution is -2.27. The van der Waals surface area contributed by atoms with Crippen molar-refractivity contribution < 1.29 is 14.2 Å². The van der Waals surface area contributed by atoms with E-state index in [2.05, 4.69) is 0 Å². The van der Waals surface area contributed by atoms with Crippen molar-refractivity contribution in [1.82, 2.24) is 0 Å². The standard InChI is InChI=1S/C8H14O3/c1-5-7-6(4-9-5)10-8(2,3)11-7/h5-7H,4H2,1-3H3/t5-,6+,7-/m1/s1. The summed E-state index contributed by atoms with van der Waals surface area (Å²) in [6, 6.07) is 0. The number of ether oxygens (including phenoxy) is 3. The van der Waals surface area contributed by atoms with E-state index in [0.29, 0.717) is 6.61 Å². The largest absolute Gasteiger partial charge is 0.373 e. The molecule has 0 radical (unpaired) electrons. The average molecular weight is 158 g/mol. The molecule has 0 aromatic rings. The molecule has 0 bridgehead atoms. The summed E-state index contributed by atoms with van der Waals surface area (Å²) < 4.78 is 16.6. The average Bonchev–Trinajstić information content (AvgIpc) is 2.31. The van der Waals surface area contributed by atoms with Crippen molar-refractivity contribution in [3.05, 3.63) is 0 Å². The van der Waals surface area contributed by atoms with E-state index in [-0.39, 0.29) is 18.3 Å². The second-order valence-corrected chi connectivity index (χ2v) is 3.68. The van der Waals surface area contributed by atoms with Crippen molar-refractivity contribution in [1.29, 1.82) is 0 Å². The fraction of sp³-hybridized carbons (Fsp3) is 1.00. The summed E-state index contributed by atoms with van der Waals surface area (Å²) in [5, 5.41) is 0. The Morgan fingerprint density at radius 2 is 2.00 bits per heavy atom. The molecule has 0 aromatic heterocycles. The second kappa shape index (κ2) is 2.19. The lowest BCUT2D eigenvalue weighted by atomic mass is 10.2. The van der Waals surface area contributed by atoms with Crippen molar-refractivity contribution in [3.8, 4) is 0 Å². The van der Waals surface area contributed by atoms with Crippen LogP contribution in [0.5, 0.6) is 0 Å². The Kier molecular flexibility index (Phi) is 1.50. The summed E-state index contributed by atoms with van der Waals surface area (Å²) in [5.74, 6) is -0.409. The van der Waals surface area contributed by atoms with E-state index >= 15 is 0 Å². The minimum absolute atomic E-state index is 0.144. The number of fused-ring (bicyclic) bond motifs is 1. The lowest BCUT2D eigenvalue weighted by Gasteiger charge is -2.19. The first-order valence-corrected chi connectivity index (χ1v) is 4.06. The normalized spacial score (nSPS) is 47.7. The van der Waals surface area contributed by atoms with Crippen molar-refractivity contribution in [2.45, 2.75) is 44.9 Å². The molecule has 11 heavy (non-hydrogen) atoms. The van der Waals surface area contributed by atoms with Gasteiger partial charge in [-0.25, -0.2) is 0 Å². The minimum Gasteiger partial charge on any atom is -0.373 e. The van der Waals surface area contributed by atoms with Crippen LogP contribution in [0.2, 0.25) is 0 Å². The molecule has 2 rings (SSSR count). The first-order valence-electron chi connectivity index (χ1n) is 4.06. The van der Waals surface area contributed by atoms with Crippen LogP contribution in [-0.4, -0.2) is 30.7 Å². The summed E-state index contributed by atoms with van der Waals surface area (Å²) in [4.78, 5) is 0. The third kappa shape index (κ3) is 1.17. The van der Waals surface area contributed by atoms with Crippen LogP contribution >= 0.6 is 0 Å². The summed E-state index contributed by atoms with van der Waals surface area (Å²) in [6.45, 7) is 6.58. The maximum absolute atomic E-state index is 5.64. The maximum Gasteiger partial charge on any atom is 0.164 e. The summed E-state index contributed by atoms with van der Waals surface area (Å²) in [5.41, 5.74) is 0. The van der Waals surface area contributed by atoms with Crippen molar-refractivity contribution >= 4 is 0 Å². The molecular formula is C8H14O3. The fourth-order valence-corrected chi connectivity index (χ4v) is 1.73. The summed E-state index contributed by atoms with van der Waals surface area (Å²) in [6.07, 6.45) is 0.478. The predicted octanol–water partition coefficient (Wildman–Crippen LogP) is 0.925. The van der Waals surface area contributed by atoms with Gasteiger partial charge in [0.15, 0.2) is 5.79 Å². The summed E-state index contributed by atoms with van der Waals surface area (Å²) >= 11 is 0. The number of hydrogen-bond acceptors (Lipinski definition) is 3. The van der Waals surface area contributed by atoms with E-state index in [1.165, 1.54) is 0 Å². The van der Waals surface area contributed by atoms with Gasteiger partial charge in [-0.15, -0.1) is 0 Å². The van der Waals surface area contributed by atoms with Crippen molar-refractivity contribution in [2.24, 2.45) is 0 Å². The van der Waals surface area contributed by atoms with Crippen LogP contribution in [0.4, 0.5) is 0 Å².